The quantitative estimate of drug-likeness (QED) is 0.287. The third-order valence-corrected chi connectivity index (χ3v) is 6.32. The summed E-state index contributed by atoms with van der Waals surface area (Å²) in [5, 5.41) is 29.1. The maximum atomic E-state index is 13.1. The van der Waals surface area contributed by atoms with E-state index in [0.717, 1.165) is 11.1 Å². The summed E-state index contributed by atoms with van der Waals surface area (Å²) in [6.45, 7) is 0.283. The van der Waals surface area contributed by atoms with Crippen LogP contribution in [-0.4, -0.2) is 69.6 Å². The number of rotatable bonds is 5. The van der Waals surface area contributed by atoms with E-state index >= 15 is 0 Å². The zero-order valence-electron chi connectivity index (χ0n) is 19.5. The zero-order valence-corrected chi connectivity index (χ0v) is 19.5. The van der Waals surface area contributed by atoms with Crippen molar-refractivity contribution >= 4 is 12.0 Å². The summed E-state index contributed by atoms with van der Waals surface area (Å²) in [6.07, 6.45) is 0.384. The van der Waals surface area contributed by atoms with Gasteiger partial charge in [0.15, 0.2) is 5.76 Å². The number of likely N-dealkylation sites (tertiary alicyclic amines) is 1. The second kappa shape index (κ2) is 9.77. The number of ether oxygens (including phenoxy) is 1. The van der Waals surface area contributed by atoms with Crippen LogP contribution in [0.1, 0.15) is 24.3 Å². The van der Waals surface area contributed by atoms with Gasteiger partial charge >= 0.3 is 12.0 Å². The topological polar surface area (TPSA) is 137 Å². The van der Waals surface area contributed by atoms with Crippen LogP contribution in [0.3, 0.4) is 0 Å². The SMILES string of the molecule is COC(=O)C1(c2nc(-c3ccc(CO)cc3)c(-c3ccc(O)cc3)o2)CCN(C(=O)N(C)O)CC1. The number of phenolic OH excluding ortho intramolecular Hbond substituents is 1. The number of aromatic hydroxyl groups is 1. The van der Waals surface area contributed by atoms with E-state index in [9.17, 15) is 25.0 Å². The molecular weight excluding hydrogens is 454 g/mol. The molecule has 3 N–H and O–H groups in total. The number of hydrogen-bond acceptors (Lipinski definition) is 8. The zero-order chi connectivity index (χ0) is 25.2. The number of methoxy groups -OCH3 is 1. The molecule has 0 spiro atoms. The van der Waals surface area contributed by atoms with Crippen LogP contribution in [0.15, 0.2) is 52.9 Å². The van der Waals surface area contributed by atoms with E-state index < -0.39 is 17.4 Å². The summed E-state index contributed by atoms with van der Waals surface area (Å²) >= 11 is 0. The first-order valence-corrected chi connectivity index (χ1v) is 11.1. The number of benzene rings is 2. The molecule has 10 heteroatoms. The number of carbonyl (C=O) groups excluding carboxylic acids is 2. The first-order valence-electron chi connectivity index (χ1n) is 11.1. The van der Waals surface area contributed by atoms with Crippen LogP contribution in [-0.2, 0) is 21.6 Å². The number of hydrogen-bond donors (Lipinski definition) is 3. The number of esters is 1. The van der Waals surface area contributed by atoms with Gasteiger partial charge in [0.1, 0.15) is 16.9 Å². The minimum Gasteiger partial charge on any atom is -0.508 e. The number of aromatic nitrogens is 1. The summed E-state index contributed by atoms with van der Waals surface area (Å²) in [6, 6.07) is 13.0. The van der Waals surface area contributed by atoms with Crippen LogP contribution in [0, 0.1) is 0 Å². The molecular formula is C25H27N3O7. The van der Waals surface area contributed by atoms with E-state index in [2.05, 4.69) is 0 Å². The molecule has 2 heterocycles. The standard InChI is InChI=1S/C25H27N3O7/c1-27(33)24(32)28-13-11-25(12-14-28,23(31)34-2)22-26-20(17-5-3-16(15-29)4-6-17)21(35-22)18-7-9-19(30)10-8-18/h3-10,29-30,33H,11-15H2,1-2H3. The van der Waals surface area contributed by atoms with Crippen LogP contribution < -0.4 is 0 Å². The Kier molecular flexibility index (Phi) is 6.77. The predicted octanol–water partition coefficient (Wildman–Crippen LogP) is 3.15. The fourth-order valence-corrected chi connectivity index (χ4v) is 4.28. The van der Waals surface area contributed by atoms with E-state index in [1.807, 2.05) is 0 Å². The molecule has 0 saturated carbocycles. The maximum absolute atomic E-state index is 13.1. The normalized spacial score (nSPS) is 15.0. The molecule has 1 aromatic heterocycles. The second-order valence-electron chi connectivity index (χ2n) is 8.47. The number of amides is 2. The van der Waals surface area contributed by atoms with Gasteiger partial charge < -0.3 is 24.3 Å². The summed E-state index contributed by atoms with van der Waals surface area (Å²) < 4.78 is 11.4. The lowest BCUT2D eigenvalue weighted by Gasteiger charge is -2.38. The monoisotopic (exact) mass is 481 g/mol. The average molecular weight is 482 g/mol. The molecule has 184 valence electrons. The largest absolute Gasteiger partial charge is 0.508 e. The Morgan fingerprint density at radius 2 is 1.69 bits per heavy atom. The Morgan fingerprint density at radius 1 is 1.09 bits per heavy atom. The highest BCUT2D eigenvalue weighted by atomic mass is 16.5. The van der Waals surface area contributed by atoms with Gasteiger partial charge in [-0.3, -0.25) is 10.0 Å². The highest BCUT2D eigenvalue weighted by molar-refractivity contribution is 5.84. The van der Waals surface area contributed by atoms with Crippen LogP contribution in [0.25, 0.3) is 22.6 Å². The van der Waals surface area contributed by atoms with Gasteiger partial charge in [0.25, 0.3) is 0 Å². The Bertz CT molecular complexity index is 1190. The van der Waals surface area contributed by atoms with Gasteiger partial charge in [-0.15, -0.1) is 0 Å². The van der Waals surface area contributed by atoms with E-state index in [0.29, 0.717) is 22.1 Å². The Morgan fingerprint density at radius 3 is 2.23 bits per heavy atom. The summed E-state index contributed by atoms with van der Waals surface area (Å²) in [4.78, 5) is 31.5. The summed E-state index contributed by atoms with van der Waals surface area (Å²) in [5.41, 5.74) is 1.37. The first-order chi connectivity index (χ1) is 16.8. The van der Waals surface area contributed by atoms with Gasteiger partial charge in [-0.1, -0.05) is 24.3 Å². The number of oxazole rings is 1. The fourth-order valence-electron chi connectivity index (χ4n) is 4.28. The van der Waals surface area contributed by atoms with Gasteiger partial charge in [0, 0.05) is 31.3 Å². The molecule has 1 saturated heterocycles. The lowest BCUT2D eigenvalue weighted by molar-refractivity contribution is -0.150. The van der Waals surface area contributed by atoms with Crippen molar-refractivity contribution in [1.29, 1.82) is 0 Å². The van der Waals surface area contributed by atoms with Gasteiger partial charge in [0.05, 0.1) is 13.7 Å². The third kappa shape index (κ3) is 4.58. The first kappa shape index (κ1) is 24.2. The van der Waals surface area contributed by atoms with Crippen LogP contribution in [0.5, 0.6) is 5.75 Å². The minimum absolute atomic E-state index is 0.0965. The van der Waals surface area contributed by atoms with Crippen LogP contribution >= 0.6 is 0 Å². The number of urea groups is 1. The van der Waals surface area contributed by atoms with Crippen molar-refractivity contribution in [2.24, 2.45) is 0 Å². The molecule has 1 aliphatic heterocycles. The number of phenols is 1. The highest BCUT2D eigenvalue weighted by Gasteiger charge is 2.49. The second-order valence-corrected chi connectivity index (χ2v) is 8.47. The number of aliphatic hydroxyl groups is 1. The Balaban J connectivity index is 1.80. The van der Waals surface area contributed by atoms with Gasteiger partial charge in [0.2, 0.25) is 5.89 Å². The van der Waals surface area contributed by atoms with E-state index in [1.54, 1.807) is 36.4 Å². The third-order valence-electron chi connectivity index (χ3n) is 6.32. The molecule has 0 unspecified atom stereocenters. The van der Waals surface area contributed by atoms with Crippen molar-refractivity contribution in [2.45, 2.75) is 24.9 Å². The molecule has 0 aliphatic carbocycles. The molecule has 3 aromatic rings. The molecule has 0 atom stereocenters. The number of aliphatic hydroxyl groups excluding tert-OH is 1. The number of carbonyl (C=O) groups is 2. The van der Waals surface area contributed by atoms with Crippen molar-refractivity contribution in [1.82, 2.24) is 14.9 Å². The molecule has 4 rings (SSSR count). The Labute approximate surface area is 201 Å². The van der Waals surface area contributed by atoms with Crippen molar-refractivity contribution in [3.8, 4) is 28.3 Å². The van der Waals surface area contributed by atoms with Crippen LogP contribution in [0.2, 0.25) is 0 Å². The Hall–Kier alpha value is -3.89. The number of piperidine rings is 1. The molecule has 10 nitrogen and oxygen atoms in total. The van der Waals surface area contributed by atoms with Crippen molar-refractivity contribution in [3.05, 3.63) is 60.0 Å². The fraction of sp³-hybridized carbons (Fsp3) is 0.320. The smallest absolute Gasteiger partial charge is 0.343 e. The highest BCUT2D eigenvalue weighted by Crippen LogP contribution is 2.42. The van der Waals surface area contributed by atoms with Crippen molar-refractivity contribution in [3.63, 3.8) is 0 Å². The van der Waals surface area contributed by atoms with Gasteiger partial charge in [-0.2, -0.15) is 0 Å². The lowest BCUT2D eigenvalue weighted by atomic mass is 9.78. The van der Waals surface area contributed by atoms with Crippen LogP contribution in [0.4, 0.5) is 4.79 Å². The summed E-state index contributed by atoms with van der Waals surface area (Å²) in [7, 11) is 2.54. The van der Waals surface area contributed by atoms with Crippen molar-refractivity contribution in [2.75, 3.05) is 27.2 Å². The molecule has 35 heavy (non-hydrogen) atoms. The van der Waals surface area contributed by atoms with Gasteiger partial charge in [-0.25, -0.2) is 14.8 Å². The molecule has 1 fully saturated rings. The molecule has 2 aromatic carbocycles. The minimum atomic E-state index is -1.23. The molecule has 0 bridgehead atoms. The van der Waals surface area contributed by atoms with E-state index in [1.165, 1.54) is 31.2 Å². The number of nitrogens with zero attached hydrogens (tertiary/aromatic N) is 3. The molecule has 0 radical (unpaired) electrons. The summed E-state index contributed by atoms with van der Waals surface area (Å²) in [5.74, 6) is 0.147. The van der Waals surface area contributed by atoms with E-state index in [4.69, 9.17) is 14.1 Å². The lowest BCUT2D eigenvalue weighted by Crippen LogP contribution is -2.51. The maximum Gasteiger partial charge on any atom is 0.343 e. The molecule has 2 amide bonds. The van der Waals surface area contributed by atoms with Gasteiger partial charge in [-0.05, 0) is 42.7 Å². The van der Waals surface area contributed by atoms with Crippen molar-refractivity contribution < 1.29 is 34.2 Å². The van der Waals surface area contributed by atoms with E-state index in [-0.39, 0.29) is 44.2 Å². The molecule has 1 aliphatic rings. The number of hydroxylamine groups is 2. The average Bonchev–Trinajstić information content (AvgIpc) is 3.34. The predicted molar refractivity (Wildman–Crippen MR) is 124 cm³/mol.